The van der Waals surface area contributed by atoms with Gasteiger partial charge in [-0.1, -0.05) is 30.0 Å². The molecule has 0 bridgehead atoms. The first-order valence-electron chi connectivity index (χ1n) is 5.61. The van der Waals surface area contributed by atoms with Gasteiger partial charge >= 0.3 is 0 Å². The van der Waals surface area contributed by atoms with Gasteiger partial charge in [0.15, 0.2) is 0 Å². The van der Waals surface area contributed by atoms with Gasteiger partial charge in [-0.3, -0.25) is 14.9 Å². The van der Waals surface area contributed by atoms with Crippen LogP contribution in [0.3, 0.4) is 0 Å². The van der Waals surface area contributed by atoms with Gasteiger partial charge in [0.1, 0.15) is 5.25 Å². The van der Waals surface area contributed by atoms with Crippen molar-refractivity contribution >= 4 is 22.9 Å². The zero-order valence-electron chi connectivity index (χ0n) is 9.70. The Kier molecular flexibility index (Phi) is 3.04. The Bertz CT molecular complexity index is 626. The quantitative estimate of drug-likeness (QED) is 0.916. The molecule has 0 radical (unpaired) electrons. The van der Waals surface area contributed by atoms with Crippen molar-refractivity contribution in [2.75, 3.05) is 0 Å². The maximum absolute atomic E-state index is 11.4. The molecule has 2 heterocycles. The van der Waals surface area contributed by atoms with Gasteiger partial charge in [-0.2, -0.15) is 0 Å². The van der Waals surface area contributed by atoms with Crippen LogP contribution in [0, 0.1) is 0 Å². The summed E-state index contributed by atoms with van der Waals surface area (Å²) in [6, 6.07) is 9.36. The van der Waals surface area contributed by atoms with Crippen LogP contribution < -0.4 is 5.32 Å². The van der Waals surface area contributed by atoms with Crippen molar-refractivity contribution in [3.05, 3.63) is 36.2 Å². The number of amides is 2. The van der Waals surface area contributed by atoms with Crippen LogP contribution in [-0.2, 0) is 11.2 Å². The summed E-state index contributed by atoms with van der Waals surface area (Å²) >= 11 is 0.946. The van der Waals surface area contributed by atoms with Gasteiger partial charge in [0.25, 0.3) is 5.24 Å². The lowest BCUT2D eigenvalue weighted by molar-refractivity contribution is -0.119. The zero-order chi connectivity index (χ0) is 13.2. The summed E-state index contributed by atoms with van der Waals surface area (Å²) in [5.74, 6) is 0.445. The summed E-state index contributed by atoms with van der Waals surface area (Å²) in [6.45, 7) is 0. The number of hydrogen-bond acceptors (Lipinski definition) is 6. The molecule has 1 aromatic carbocycles. The molecule has 1 aliphatic rings. The van der Waals surface area contributed by atoms with Crippen LogP contribution in [0.15, 0.2) is 34.7 Å². The van der Waals surface area contributed by atoms with E-state index in [1.807, 2.05) is 30.3 Å². The van der Waals surface area contributed by atoms with Crippen molar-refractivity contribution in [3.8, 4) is 11.5 Å². The number of imide groups is 1. The largest absolute Gasteiger partial charge is 0.421 e. The minimum atomic E-state index is -0.489. The molecule has 96 valence electrons. The molecule has 0 aliphatic carbocycles. The summed E-state index contributed by atoms with van der Waals surface area (Å²) in [5.41, 5.74) is 0.820. The summed E-state index contributed by atoms with van der Waals surface area (Å²) in [4.78, 5) is 22.5. The molecular formula is C12H9N3O3S. The van der Waals surface area contributed by atoms with E-state index in [0.717, 1.165) is 17.3 Å². The molecule has 7 heteroatoms. The highest BCUT2D eigenvalue weighted by Crippen LogP contribution is 2.24. The molecule has 1 aliphatic heterocycles. The number of nitrogens with zero attached hydrogens (tertiary/aromatic N) is 2. The van der Waals surface area contributed by atoms with E-state index in [-0.39, 0.29) is 17.6 Å². The molecule has 19 heavy (non-hydrogen) atoms. The number of hydrogen-bond donors (Lipinski definition) is 1. The van der Waals surface area contributed by atoms with E-state index in [4.69, 9.17) is 4.42 Å². The lowest BCUT2D eigenvalue weighted by Crippen LogP contribution is -2.25. The van der Waals surface area contributed by atoms with Crippen LogP contribution in [0.25, 0.3) is 11.5 Å². The lowest BCUT2D eigenvalue weighted by atomic mass is 10.2. The van der Waals surface area contributed by atoms with Gasteiger partial charge in [0, 0.05) is 12.0 Å². The highest BCUT2D eigenvalue weighted by Gasteiger charge is 2.33. The highest BCUT2D eigenvalue weighted by atomic mass is 32.2. The Morgan fingerprint density at radius 3 is 2.68 bits per heavy atom. The van der Waals surface area contributed by atoms with Crippen molar-refractivity contribution in [1.29, 1.82) is 0 Å². The Hall–Kier alpha value is -2.15. The number of carbonyl (C=O) groups excluding carboxylic acids is 2. The third-order valence-electron chi connectivity index (χ3n) is 2.61. The topological polar surface area (TPSA) is 85.1 Å². The summed E-state index contributed by atoms with van der Waals surface area (Å²) in [6.07, 6.45) is 0.252. The van der Waals surface area contributed by atoms with E-state index in [1.54, 1.807) is 0 Å². The number of benzene rings is 1. The zero-order valence-corrected chi connectivity index (χ0v) is 10.5. The van der Waals surface area contributed by atoms with Crippen LogP contribution in [0.2, 0.25) is 0 Å². The fraction of sp³-hybridized carbons (Fsp3) is 0.167. The van der Waals surface area contributed by atoms with Crippen LogP contribution in [0.1, 0.15) is 5.89 Å². The SMILES string of the molecule is O=C1NC(=O)C(Cc2nnc(-c3ccccc3)o2)S1. The van der Waals surface area contributed by atoms with Crippen LogP contribution in [-0.4, -0.2) is 26.6 Å². The number of rotatable bonds is 3. The van der Waals surface area contributed by atoms with E-state index in [0.29, 0.717) is 11.8 Å². The summed E-state index contributed by atoms with van der Waals surface area (Å²) in [7, 11) is 0. The first-order chi connectivity index (χ1) is 9.22. The molecule has 3 rings (SSSR count). The summed E-state index contributed by atoms with van der Waals surface area (Å²) < 4.78 is 5.49. The van der Waals surface area contributed by atoms with E-state index in [1.165, 1.54) is 0 Å². The van der Waals surface area contributed by atoms with Crippen LogP contribution in [0.5, 0.6) is 0 Å². The number of aromatic nitrogens is 2. The Morgan fingerprint density at radius 1 is 1.21 bits per heavy atom. The third-order valence-corrected chi connectivity index (χ3v) is 3.60. The minimum absolute atomic E-state index is 0.252. The predicted molar refractivity (Wildman–Crippen MR) is 68.4 cm³/mol. The van der Waals surface area contributed by atoms with E-state index in [9.17, 15) is 9.59 Å². The second kappa shape index (κ2) is 4.85. The maximum Gasteiger partial charge on any atom is 0.286 e. The molecule has 2 amide bonds. The highest BCUT2D eigenvalue weighted by molar-refractivity contribution is 8.15. The molecule has 1 unspecified atom stereocenters. The molecule has 1 aromatic heterocycles. The Morgan fingerprint density at radius 2 is 2.00 bits per heavy atom. The van der Waals surface area contributed by atoms with Crippen molar-refractivity contribution in [1.82, 2.24) is 15.5 Å². The molecular weight excluding hydrogens is 266 g/mol. The van der Waals surface area contributed by atoms with E-state index < -0.39 is 5.25 Å². The number of nitrogens with one attached hydrogen (secondary N) is 1. The van der Waals surface area contributed by atoms with Crippen LogP contribution in [0.4, 0.5) is 4.79 Å². The van der Waals surface area contributed by atoms with Gasteiger partial charge in [-0.05, 0) is 12.1 Å². The van der Waals surface area contributed by atoms with Gasteiger partial charge in [-0.15, -0.1) is 10.2 Å². The van der Waals surface area contributed by atoms with Crippen LogP contribution >= 0.6 is 11.8 Å². The fourth-order valence-corrected chi connectivity index (χ4v) is 2.53. The summed E-state index contributed by atoms with van der Waals surface area (Å²) in [5, 5.41) is 9.22. The average Bonchev–Trinajstić information content (AvgIpc) is 2.99. The molecule has 1 fully saturated rings. The van der Waals surface area contributed by atoms with Gasteiger partial charge in [0.2, 0.25) is 17.7 Å². The number of thioether (sulfide) groups is 1. The van der Waals surface area contributed by atoms with Crippen molar-refractivity contribution in [2.24, 2.45) is 0 Å². The average molecular weight is 275 g/mol. The molecule has 2 aromatic rings. The maximum atomic E-state index is 11.4. The lowest BCUT2D eigenvalue weighted by Gasteiger charge is -1.99. The fourth-order valence-electron chi connectivity index (χ4n) is 1.72. The molecule has 1 atom stereocenters. The first kappa shape index (κ1) is 11.9. The molecule has 6 nitrogen and oxygen atoms in total. The minimum Gasteiger partial charge on any atom is -0.421 e. The second-order valence-electron chi connectivity index (χ2n) is 3.95. The predicted octanol–water partition coefficient (Wildman–Crippen LogP) is 1.63. The third kappa shape index (κ3) is 2.50. The second-order valence-corrected chi connectivity index (χ2v) is 5.13. The molecule has 0 spiro atoms. The van der Waals surface area contributed by atoms with Crippen molar-refractivity contribution in [3.63, 3.8) is 0 Å². The van der Waals surface area contributed by atoms with Crippen molar-refractivity contribution in [2.45, 2.75) is 11.7 Å². The Balaban J connectivity index is 1.75. The van der Waals surface area contributed by atoms with E-state index >= 15 is 0 Å². The van der Waals surface area contributed by atoms with Gasteiger partial charge in [-0.25, -0.2) is 0 Å². The van der Waals surface area contributed by atoms with Gasteiger partial charge in [0.05, 0.1) is 0 Å². The number of carbonyl (C=O) groups is 2. The Labute approximate surface area is 112 Å². The standard InChI is InChI=1S/C12H9N3O3S/c16-10-8(19-12(17)13-10)6-9-14-15-11(18-9)7-4-2-1-3-5-7/h1-5,8H,6H2,(H,13,16,17). The van der Waals surface area contributed by atoms with Gasteiger partial charge < -0.3 is 4.42 Å². The molecule has 1 saturated heterocycles. The first-order valence-corrected chi connectivity index (χ1v) is 6.49. The normalized spacial score (nSPS) is 18.6. The molecule has 1 N–H and O–H groups in total. The monoisotopic (exact) mass is 275 g/mol. The van der Waals surface area contributed by atoms with E-state index in [2.05, 4.69) is 15.5 Å². The smallest absolute Gasteiger partial charge is 0.286 e. The molecule has 0 saturated carbocycles. The van der Waals surface area contributed by atoms with Crippen molar-refractivity contribution < 1.29 is 14.0 Å².